The van der Waals surface area contributed by atoms with Crippen molar-refractivity contribution in [2.24, 2.45) is 17.6 Å². The zero-order chi connectivity index (χ0) is 18.0. The van der Waals surface area contributed by atoms with Gasteiger partial charge in [-0.15, -0.1) is 0 Å². The first kappa shape index (κ1) is 17.6. The molecule has 0 aromatic carbocycles. The molecule has 3 rings (SSSR count). The molecular weight excluding hydrogens is 318 g/mol. The summed E-state index contributed by atoms with van der Waals surface area (Å²) in [5.41, 5.74) is 7.30. The molecule has 2 saturated heterocycles. The van der Waals surface area contributed by atoms with Gasteiger partial charge in [0.05, 0.1) is 0 Å². The highest BCUT2D eigenvalue weighted by Crippen LogP contribution is 2.25. The van der Waals surface area contributed by atoms with Gasteiger partial charge in [0.1, 0.15) is 0 Å². The maximum Gasteiger partial charge on any atom is 0.225 e. The van der Waals surface area contributed by atoms with Crippen LogP contribution in [-0.2, 0) is 9.59 Å². The normalized spacial score (nSPS) is 19.9. The van der Waals surface area contributed by atoms with Gasteiger partial charge in [0.25, 0.3) is 0 Å². The van der Waals surface area contributed by atoms with Crippen LogP contribution in [0.3, 0.4) is 0 Å². The molecule has 2 amide bonds. The van der Waals surface area contributed by atoms with E-state index in [1.54, 1.807) is 0 Å². The molecule has 2 N–H and O–H groups in total. The average molecular weight is 345 g/mol. The highest BCUT2D eigenvalue weighted by atomic mass is 16.2. The van der Waals surface area contributed by atoms with Gasteiger partial charge in [0, 0.05) is 49.4 Å². The smallest absolute Gasteiger partial charge is 0.225 e. The first-order valence-electron chi connectivity index (χ1n) is 9.09. The summed E-state index contributed by atoms with van der Waals surface area (Å²) in [7, 11) is 0. The Hall–Kier alpha value is -2.18. The molecule has 1 aromatic rings. The van der Waals surface area contributed by atoms with E-state index in [4.69, 9.17) is 5.73 Å². The SMILES string of the molecule is Cc1cc(C)nc(N2CCC(C(=O)N3CCC(C(N)=O)CC3)CC2)n1. The fourth-order valence-electron chi connectivity index (χ4n) is 3.82. The lowest BCUT2D eigenvalue weighted by Crippen LogP contribution is -2.47. The zero-order valence-electron chi connectivity index (χ0n) is 15.1. The molecule has 1 aromatic heterocycles. The van der Waals surface area contributed by atoms with E-state index < -0.39 is 0 Å². The van der Waals surface area contributed by atoms with Crippen LogP contribution in [0.25, 0.3) is 0 Å². The van der Waals surface area contributed by atoms with Crippen LogP contribution in [0.2, 0.25) is 0 Å². The number of anilines is 1. The monoisotopic (exact) mass is 345 g/mol. The zero-order valence-corrected chi connectivity index (χ0v) is 15.1. The molecule has 7 nitrogen and oxygen atoms in total. The number of rotatable bonds is 3. The molecule has 3 heterocycles. The largest absolute Gasteiger partial charge is 0.369 e. The lowest BCUT2D eigenvalue weighted by Gasteiger charge is -2.36. The summed E-state index contributed by atoms with van der Waals surface area (Å²) in [5.74, 6) is 0.739. The number of aromatic nitrogens is 2. The molecule has 0 saturated carbocycles. The minimum atomic E-state index is -0.242. The molecular formula is C18H27N5O2. The standard InChI is InChI=1S/C18H27N5O2/c1-12-11-13(2)21-18(20-12)23-9-5-15(6-10-23)17(25)22-7-3-14(4-8-22)16(19)24/h11,14-15H,3-10H2,1-2H3,(H2,19,24). The summed E-state index contributed by atoms with van der Waals surface area (Å²) in [4.78, 5) is 37.1. The molecule has 0 radical (unpaired) electrons. The van der Waals surface area contributed by atoms with Crippen molar-refractivity contribution in [2.75, 3.05) is 31.1 Å². The number of nitrogens with zero attached hydrogens (tertiary/aromatic N) is 4. The quantitative estimate of drug-likeness (QED) is 0.883. The van der Waals surface area contributed by atoms with Gasteiger partial charge < -0.3 is 15.5 Å². The van der Waals surface area contributed by atoms with E-state index in [1.165, 1.54) is 0 Å². The van der Waals surface area contributed by atoms with Crippen LogP contribution in [-0.4, -0.2) is 52.9 Å². The molecule has 2 fully saturated rings. The van der Waals surface area contributed by atoms with Crippen molar-refractivity contribution >= 4 is 17.8 Å². The van der Waals surface area contributed by atoms with Gasteiger partial charge in [-0.2, -0.15) is 0 Å². The molecule has 7 heteroatoms. The van der Waals surface area contributed by atoms with Gasteiger partial charge in [-0.25, -0.2) is 9.97 Å². The number of hydrogen-bond donors (Lipinski definition) is 1. The van der Waals surface area contributed by atoms with Crippen LogP contribution in [0.1, 0.15) is 37.1 Å². The number of amides is 2. The van der Waals surface area contributed by atoms with Crippen molar-refractivity contribution in [3.63, 3.8) is 0 Å². The maximum atomic E-state index is 12.7. The summed E-state index contributed by atoms with van der Waals surface area (Å²) < 4.78 is 0. The van der Waals surface area contributed by atoms with Crippen molar-refractivity contribution in [3.8, 4) is 0 Å². The molecule has 0 aliphatic carbocycles. The fourth-order valence-corrected chi connectivity index (χ4v) is 3.82. The van der Waals surface area contributed by atoms with E-state index in [9.17, 15) is 9.59 Å². The Morgan fingerprint density at radius 1 is 0.960 bits per heavy atom. The average Bonchev–Trinajstić information content (AvgIpc) is 2.60. The summed E-state index contributed by atoms with van der Waals surface area (Å²) in [6.07, 6.45) is 3.03. The molecule has 0 atom stereocenters. The number of carbonyl (C=O) groups is 2. The van der Waals surface area contributed by atoms with Gasteiger partial charge in [-0.1, -0.05) is 0 Å². The van der Waals surface area contributed by atoms with Crippen molar-refractivity contribution in [1.29, 1.82) is 0 Å². The molecule has 0 spiro atoms. The third-order valence-electron chi connectivity index (χ3n) is 5.31. The second-order valence-corrected chi connectivity index (χ2v) is 7.21. The highest BCUT2D eigenvalue weighted by molar-refractivity contribution is 5.80. The molecule has 0 unspecified atom stereocenters. The van der Waals surface area contributed by atoms with E-state index in [2.05, 4.69) is 14.9 Å². The number of aryl methyl sites for hydroxylation is 2. The van der Waals surface area contributed by atoms with Crippen LogP contribution in [0.5, 0.6) is 0 Å². The maximum absolute atomic E-state index is 12.7. The topological polar surface area (TPSA) is 92.4 Å². The van der Waals surface area contributed by atoms with Crippen LogP contribution in [0, 0.1) is 25.7 Å². The van der Waals surface area contributed by atoms with Crippen molar-refractivity contribution in [3.05, 3.63) is 17.5 Å². The van der Waals surface area contributed by atoms with Crippen LogP contribution in [0.15, 0.2) is 6.07 Å². The fraction of sp³-hybridized carbons (Fsp3) is 0.667. The van der Waals surface area contributed by atoms with Gasteiger partial charge in [-0.05, 0) is 45.6 Å². The Bertz CT molecular complexity index is 627. The van der Waals surface area contributed by atoms with Crippen LogP contribution < -0.4 is 10.6 Å². The van der Waals surface area contributed by atoms with Crippen molar-refractivity contribution in [2.45, 2.75) is 39.5 Å². The van der Waals surface area contributed by atoms with Crippen molar-refractivity contribution < 1.29 is 9.59 Å². The van der Waals surface area contributed by atoms with E-state index >= 15 is 0 Å². The second kappa shape index (κ2) is 7.37. The Kier molecular flexibility index (Phi) is 5.20. The Labute approximate surface area is 148 Å². The Morgan fingerprint density at radius 3 is 2.00 bits per heavy atom. The molecule has 2 aliphatic rings. The second-order valence-electron chi connectivity index (χ2n) is 7.21. The number of piperidine rings is 2. The van der Waals surface area contributed by atoms with E-state index in [-0.39, 0.29) is 23.7 Å². The third-order valence-corrected chi connectivity index (χ3v) is 5.31. The summed E-state index contributed by atoms with van der Waals surface area (Å²) >= 11 is 0. The summed E-state index contributed by atoms with van der Waals surface area (Å²) in [6.45, 7) is 6.85. The van der Waals surface area contributed by atoms with Gasteiger partial charge in [-0.3, -0.25) is 9.59 Å². The molecule has 2 aliphatic heterocycles. The van der Waals surface area contributed by atoms with Crippen LogP contribution >= 0.6 is 0 Å². The Balaban J connectivity index is 1.53. The summed E-state index contributed by atoms with van der Waals surface area (Å²) in [6, 6.07) is 1.97. The number of carbonyl (C=O) groups excluding carboxylic acids is 2. The molecule has 25 heavy (non-hydrogen) atoms. The first-order chi connectivity index (χ1) is 11.9. The minimum Gasteiger partial charge on any atom is -0.369 e. The van der Waals surface area contributed by atoms with Gasteiger partial charge in [0.15, 0.2) is 0 Å². The van der Waals surface area contributed by atoms with E-state index in [0.717, 1.165) is 43.3 Å². The highest BCUT2D eigenvalue weighted by Gasteiger charge is 2.32. The lowest BCUT2D eigenvalue weighted by molar-refractivity contribution is -0.139. The predicted molar refractivity (Wildman–Crippen MR) is 94.9 cm³/mol. The number of nitrogens with two attached hydrogens (primary N) is 1. The first-order valence-corrected chi connectivity index (χ1v) is 9.09. The van der Waals surface area contributed by atoms with Gasteiger partial charge >= 0.3 is 0 Å². The number of hydrogen-bond acceptors (Lipinski definition) is 5. The number of likely N-dealkylation sites (tertiary alicyclic amines) is 1. The van der Waals surface area contributed by atoms with Gasteiger partial charge in [0.2, 0.25) is 17.8 Å². The predicted octanol–water partition coefficient (Wildman–Crippen LogP) is 1.03. The van der Waals surface area contributed by atoms with Crippen molar-refractivity contribution in [1.82, 2.24) is 14.9 Å². The molecule has 0 bridgehead atoms. The number of primary amides is 1. The summed E-state index contributed by atoms with van der Waals surface area (Å²) in [5, 5.41) is 0. The van der Waals surface area contributed by atoms with Crippen LogP contribution in [0.4, 0.5) is 5.95 Å². The van der Waals surface area contributed by atoms with E-state index in [0.29, 0.717) is 25.9 Å². The lowest BCUT2D eigenvalue weighted by atomic mass is 9.92. The third kappa shape index (κ3) is 4.08. The molecule has 136 valence electrons. The minimum absolute atomic E-state index is 0.0623. The van der Waals surface area contributed by atoms with E-state index in [1.807, 2.05) is 24.8 Å². The Morgan fingerprint density at radius 2 is 1.48 bits per heavy atom.